The summed E-state index contributed by atoms with van der Waals surface area (Å²) < 4.78 is 12.2. The lowest BCUT2D eigenvalue weighted by Crippen LogP contribution is -2.98. The molecule has 0 amide bonds. The van der Waals surface area contributed by atoms with E-state index in [1.165, 1.54) is 260 Å². The molecule has 1 N–H and O–H groups in total. The smallest absolute Gasteiger partial charge is 0.136 e. The summed E-state index contributed by atoms with van der Waals surface area (Å²) in [5, 5.41) is 0. The summed E-state index contributed by atoms with van der Waals surface area (Å²) in [5.41, 5.74) is 2.50. The maximum atomic E-state index is 6.09. The normalized spacial score (nSPS) is 11.5. The molecule has 0 saturated carbocycles. The van der Waals surface area contributed by atoms with Gasteiger partial charge in [0, 0.05) is 24.3 Å². The fourth-order valence-electron chi connectivity index (χ4n) is 8.86. The molecule has 0 heterocycles. The highest BCUT2D eigenvalue weighted by Crippen LogP contribution is 2.20. The van der Waals surface area contributed by atoms with Gasteiger partial charge in [0.1, 0.15) is 22.9 Å². The van der Waals surface area contributed by atoms with E-state index < -0.39 is 0 Å². The van der Waals surface area contributed by atoms with E-state index in [0.717, 1.165) is 37.6 Å². The number of quaternary nitrogens is 1. The van der Waals surface area contributed by atoms with Crippen LogP contribution in [-0.2, 0) is 0 Å². The second-order valence-electron chi connectivity index (χ2n) is 18.8. The minimum atomic E-state index is 0.821. The number of rotatable bonds is 46. The fraction of sp³-hybridized carbons (Fsp3) is 0.789. The Hall–Kier alpha value is -2.00. The van der Waals surface area contributed by atoms with E-state index in [1.54, 1.807) is 0 Å². The summed E-state index contributed by atoms with van der Waals surface area (Å²) in [6.45, 7) is 6.25. The molecule has 2 aromatic rings. The molecule has 3 nitrogen and oxygen atoms in total. The van der Waals surface area contributed by atoms with E-state index in [4.69, 9.17) is 9.47 Å². The first-order valence-corrected chi connectivity index (χ1v) is 27.0. The number of benzene rings is 2. The maximum Gasteiger partial charge on any atom is 0.136 e. The average Bonchev–Trinajstić information content (AvgIpc) is 3.27. The molecule has 346 valence electrons. The lowest BCUT2D eigenvalue weighted by atomic mass is 10.0. The van der Waals surface area contributed by atoms with E-state index in [2.05, 4.69) is 69.4 Å². The summed E-state index contributed by atoms with van der Waals surface area (Å²) in [6.07, 6.45) is 56.6. The molecule has 0 spiro atoms. The topological polar surface area (TPSA) is 22.9 Å². The minimum Gasteiger partial charge on any atom is -0.494 e. The molecule has 3 heteroatoms. The second kappa shape index (κ2) is 42.3. The molecule has 2 rings (SSSR count). The lowest BCUT2D eigenvalue weighted by Gasteiger charge is -2.14. The summed E-state index contributed by atoms with van der Waals surface area (Å²) in [5.74, 6) is 1.97. The summed E-state index contributed by atoms with van der Waals surface area (Å²) in [4.78, 5) is 1.29. The van der Waals surface area contributed by atoms with E-state index in [1.807, 2.05) is 0 Å². The van der Waals surface area contributed by atoms with Gasteiger partial charge in [0.2, 0.25) is 0 Å². The minimum absolute atomic E-state index is 0.821. The number of unbranched alkanes of at least 4 members (excludes halogenated alkanes) is 38. The van der Waals surface area contributed by atoms with Crippen molar-refractivity contribution >= 4 is 11.4 Å². The standard InChI is InChI=1S/C57H101NO2/c1-4-6-8-10-12-14-16-18-20-22-24-26-28-30-32-34-36-38-40-42-52-59-56-48-44-54(45-49-56)58(3)55-46-50-57(51-47-55)60-53-43-41-39-37-35-33-31-29-27-25-23-21-19-17-15-13-11-9-7-5-2/h44-51H,4-43,52-53H2,1-3H3/p+1. The molecule has 0 bridgehead atoms. The van der Waals surface area contributed by atoms with Crippen LogP contribution in [0.3, 0.4) is 0 Å². The van der Waals surface area contributed by atoms with Crippen LogP contribution in [0.15, 0.2) is 48.5 Å². The highest BCUT2D eigenvalue weighted by molar-refractivity contribution is 5.42. The SMILES string of the molecule is CCCCCCCCCCCCCCCCCCCCCCOc1ccc([NH+](C)c2ccc(OCCCCCCCCCCCCCCCCCCCCCC)cc2)cc1. The monoisotopic (exact) mass is 833 g/mol. The van der Waals surface area contributed by atoms with E-state index in [0.29, 0.717) is 0 Å². The van der Waals surface area contributed by atoms with Gasteiger partial charge < -0.3 is 9.47 Å². The largest absolute Gasteiger partial charge is 0.494 e. The van der Waals surface area contributed by atoms with Crippen molar-refractivity contribution in [1.29, 1.82) is 0 Å². The number of ether oxygens (including phenoxy) is 2. The van der Waals surface area contributed by atoms with Crippen LogP contribution in [0.4, 0.5) is 11.4 Å². The van der Waals surface area contributed by atoms with Gasteiger partial charge in [-0.25, -0.2) is 0 Å². The summed E-state index contributed by atoms with van der Waals surface area (Å²) in [7, 11) is 2.21. The van der Waals surface area contributed by atoms with Gasteiger partial charge in [0.25, 0.3) is 0 Å². The third kappa shape index (κ3) is 32.7. The van der Waals surface area contributed by atoms with Crippen LogP contribution < -0.4 is 14.4 Å². The van der Waals surface area contributed by atoms with Crippen molar-refractivity contribution in [2.75, 3.05) is 20.3 Å². The van der Waals surface area contributed by atoms with Crippen LogP contribution in [0.5, 0.6) is 11.5 Å². The van der Waals surface area contributed by atoms with Gasteiger partial charge in [-0.2, -0.15) is 0 Å². The first-order chi connectivity index (χ1) is 29.7. The van der Waals surface area contributed by atoms with Crippen molar-refractivity contribution < 1.29 is 14.4 Å². The van der Waals surface area contributed by atoms with Crippen LogP contribution in [0.1, 0.15) is 271 Å². The first kappa shape index (κ1) is 54.1. The van der Waals surface area contributed by atoms with Crippen molar-refractivity contribution in [2.45, 2.75) is 271 Å². The van der Waals surface area contributed by atoms with Gasteiger partial charge in [0.15, 0.2) is 0 Å². The van der Waals surface area contributed by atoms with Crippen molar-refractivity contribution in [3.63, 3.8) is 0 Å². The van der Waals surface area contributed by atoms with Crippen molar-refractivity contribution in [3.8, 4) is 11.5 Å². The molecule has 0 aliphatic heterocycles. The Balaban J connectivity index is 1.35. The van der Waals surface area contributed by atoms with E-state index in [9.17, 15) is 0 Å². The number of hydrogen-bond acceptors (Lipinski definition) is 2. The van der Waals surface area contributed by atoms with E-state index >= 15 is 0 Å². The van der Waals surface area contributed by atoms with Gasteiger partial charge >= 0.3 is 0 Å². The molecule has 0 saturated heterocycles. The highest BCUT2D eigenvalue weighted by atomic mass is 16.5. The van der Waals surface area contributed by atoms with Crippen LogP contribution >= 0.6 is 0 Å². The van der Waals surface area contributed by atoms with Gasteiger partial charge in [0.05, 0.1) is 20.3 Å². The van der Waals surface area contributed by atoms with Crippen LogP contribution in [-0.4, -0.2) is 20.3 Å². The molecule has 60 heavy (non-hydrogen) atoms. The van der Waals surface area contributed by atoms with Crippen molar-refractivity contribution in [2.24, 2.45) is 0 Å². The number of hydrogen-bond donors (Lipinski definition) is 1. The Bertz CT molecular complexity index is 1040. The zero-order valence-electron chi connectivity index (χ0n) is 40.6. The van der Waals surface area contributed by atoms with Crippen LogP contribution in [0, 0.1) is 0 Å². The molecule has 0 aliphatic rings. The quantitative estimate of drug-likeness (QED) is 0.0672. The predicted octanol–water partition coefficient (Wildman–Crippen LogP) is 18.6. The molecule has 0 atom stereocenters. The fourth-order valence-corrected chi connectivity index (χ4v) is 8.86. The third-order valence-corrected chi connectivity index (χ3v) is 13.1. The first-order valence-electron chi connectivity index (χ1n) is 27.0. The van der Waals surface area contributed by atoms with Gasteiger partial charge in [-0.1, -0.05) is 258 Å². The van der Waals surface area contributed by atoms with Crippen molar-refractivity contribution in [1.82, 2.24) is 0 Å². The summed E-state index contributed by atoms with van der Waals surface area (Å²) >= 11 is 0. The Morgan fingerprint density at radius 3 is 0.650 bits per heavy atom. The third-order valence-electron chi connectivity index (χ3n) is 13.1. The van der Waals surface area contributed by atoms with Gasteiger partial charge in [-0.15, -0.1) is 0 Å². The molecular weight excluding hydrogens is 731 g/mol. The Morgan fingerprint density at radius 1 is 0.267 bits per heavy atom. The Kier molecular flexibility index (Phi) is 38.2. The maximum absolute atomic E-state index is 6.09. The van der Waals surface area contributed by atoms with E-state index in [-0.39, 0.29) is 0 Å². The highest BCUT2D eigenvalue weighted by Gasteiger charge is 2.11. The summed E-state index contributed by atoms with van der Waals surface area (Å²) in [6, 6.07) is 17.3. The molecular formula is C57H102NO2+. The van der Waals surface area contributed by atoms with Crippen molar-refractivity contribution in [3.05, 3.63) is 48.5 Å². The molecule has 0 aromatic heterocycles. The zero-order valence-corrected chi connectivity index (χ0v) is 40.6. The van der Waals surface area contributed by atoms with Gasteiger partial charge in [-0.3, -0.25) is 4.90 Å². The second-order valence-corrected chi connectivity index (χ2v) is 18.8. The zero-order chi connectivity index (χ0) is 42.7. The van der Waals surface area contributed by atoms with Crippen LogP contribution in [0.25, 0.3) is 0 Å². The molecule has 0 aliphatic carbocycles. The molecule has 0 unspecified atom stereocenters. The molecule has 0 fully saturated rings. The lowest BCUT2D eigenvalue weighted by molar-refractivity contribution is -0.735. The van der Waals surface area contributed by atoms with Crippen LogP contribution in [0.2, 0.25) is 0 Å². The Labute approximate surface area is 375 Å². The Morgan fingerprint density at radius 2 is 0.450 bits per heavy atom. The average molecular weight is 833 g/mol. The number of nitrogens with one attached hydrogen (secondary N) is 1. The van der Waals surface area contributed by atoms with Gasteiger partial charge in [-0.05, 0) is 37.1 Å². The molecule has 0 radical (unpaired) electrons. The molecule has 2 aromatic carbocycles. The predicted molar refractivity (Wildman–Crippen MR) is 266 cm³/mol.